The van der Waals surface area contributed by atoms with Crippen LogP contribution in [-0.2, 0) is 4.79 Å². The molecule has 1 aliphatic heterocycles. The van der Waals surface area contributed by atoms with Gasteiger partial charge in [-0.1, -0.05) is 34.1 Å². The molecular formula is C17H35N3O. The third-order valence-corrected chi connectivity index (χ3v) is 4.86. The average Bonchev–Trinajstić information content (AvgIpc) is 2.43. The fourth-order valence-electron chi connectivity index (χ4n) is 2.57. The molecule has 1 heterocycles. The van der Waals surface area contributed by atoms with Gasteiger partial charge in [-0.2, -0.15) is 0 Å². The molecule has 0 aromatic carbocycles. The summed E-state index contributed by atoms with van der Waals surface area (Å²) >= 11 is 0. The number of carbonyl (C=O) groups excluding carboxylic acids is 1. The minimum absolute atomic E-state index is 0.209. The summed E-state index contributed by atoms with van der Waals surface area (Å²) in [5.74, 6) is 0.763. The van der Waals surface area contributed by atoms with Crippen molar-refractivity contribution in [1.29, 1.82) is 0 Å². The van der Waals surface area contributed by atoms with E-state index in [4.69, 9.17) is 5.73 Å². The third kappa shape index (κ3) is 6.79. The van der Waals surface area contributed by atoms with Gasteiger partial charge in [-0.3, -0.25) is 9.69 Å². The Morgan fingerprint density at radius 1 is 1.10 bits per heavy atom. The molecule has 4 heteroatoms. The van der Waals surface area contributed by atoms with Gasteiger partial charge in [-0.05, 0) is 37.3 Å². The summed E-state index contributed by atoms with van der Waals surface area (Å²) in [5, 5.41) is 0. The van der Waals surface area contributed by atoms with Gasteiger partial charge < -0.3 is 10.6 Å². The van der Waals surface area contributed by atoms with Crippen LogP contribution in [0.15, 0.2) is 0 Å². The number of unbranched alkanes of at least 4 members (excludes halogenated alkanes) is 2. The summed E-state index contributed by atoms with van der Waals surface area (Å²) < 4.78 is 0. The lowest BCUT2D eigenvalue weighted by Crippen LogP contribution is -2.49. The van der Waals surface area contributed by atoms with Gasteiger partial charge in [0.15, 0.2) is 0 Å². The Bertz CT molecular complexity index is 304. The second-order valence-corrected chi connectivity index (χ2v) is 7.54. The van der Waals surface area contributed by atoms with Crippen molar-refractivity contribution >= 4 is 5.91 Å². The number of nitrogens with zero attached hydrogens (tertiary/aromatic N) is 2. The van der Waals surface area contributed by atoms with Crippen molar-refractivity contribution in [3.8, 4) is 0 Å². The van der Waals surface area contributed by atoms with Gasteiger partial charge in [-0.25, -0.2) is 0 Å². The number of piperazine rings is 1. The second kappa shape index (κ2) is 8.74. The van der Waals surface area contributed by atoms with Crippen LogP contribution < -0.4 is 5.73 Å². The Balaban J connectivity index is 2.24. The first-order chi connectivity index (χ1) is 9.84. The molecule has 2 N–H and O–H groups in total. The number of nitrogens with two attached hydrogens (primary N) is 1. The monoisotopic (exact) mass is 297 g/mol. The molecule has 0 spiro atoms. The summed E-state index contributed by atoms with van der Waals surface area (Å²) in [6, 6.07) is 0. The summed E-state index contributed by atoms with van der Waals surface area (Å²) in [5.41, 5.74) is 5.72. The fraction of sp³-hybridized carbons (Fsp3) is 0.941. The van der Waals surface area contributed by atoms with Crippen molar-refractivity contribution in [2.75, 3.05) is 39.3 Å². The van der Waals surface area contributed by atoms with Crippen molar-refractivity contribution in [3.05, 3.63) is 0 Å². The molecule has 0 bridgehead atoms. The molecular weight excluding hydrogens is 262 g/mol. The lowest BCUT2D eigenvalue weighted by molar-refractivity contribution is -0.134. The van der Waals surface area contributed by atoms with Gasteiger partial charge >= 0.3 is 0 Å². The molecule has 1 unspecified atom stereocenters. The molecule has 0 aromatic heterocycles. The largest absolute Gasteiger partial charge is 0.340 e. The highest BCUT2D eigenvalue weighted by Crippen LogP contribution is 2.28. The van der Waals surface area contributed by atoms with Crippen LogP contribution in [0.1, 0.15) is 53.4 Å². The molecule has 1 fully saturated rings. The smallest absolute Gasteiger partial charge is 0.222 e. The van der Waals surface area contributed by atoms with Crippen LogP contribution >= 0.6 is 0 Å². The predicted molar refractivity (Wildman–Crippen MR) is 89.2 cm³/mol. The van der Waals surface area contributed by atoms with Crippen molar-refractivity contribution in [2.24, 2.45) is 17.1 Å². The summed E-state index contributed by atoms with van der Waals surface area (Å²) in [4.78, 5) is 16.9. The number of hydrogen-bond acceptors (Lipinski definition) is 3. The van der Waals surface area contributed by atoms with Crippen LogP contribution in [0.4, 0.5) is 0 Å². The summed E-state index contributed by atoms with van der Waals surface area (Å²) in [7, 11) is 0. The average molecular weight is 297 g/mol. The van der Waals surface area contributed by atoms with Gasteiger partial charge in [0.05, 0.1) is 0 Å². The maximum atomic E-state index is 12.4. The zero-order valence-corrected chi connectivity index (χ0v) is 14.5. The quantitative estimate of drug-likeness (QED) is 0.734. The molecule has 0 saturated carbocycles. The minimum Gasteiger partial charge on any atom is -0.340 e. The first-order valence-electron chi connectivity index (χ1n) is 8.54. The van der Waals surface area contributed by atoms with Gasteiger partial charge in [0.2, 0.25) is 5.91 Å². The van der Waals surface area contributed by atoms with E-state index in [1.807, 2.05) is 0 Å². The first-order valence-corrected chi connectivity index (χ1v) is 8.54. The number of rotatable bonds is 7. The zero-order chi connectivity index (χ0) is 15.9. The van der Waals surface area contributed by atoms with Crippen LogP contribution in [0.3, 0.4) is 0 Å². The Hall–Kier alpha value is -0.610. The van der Waals surface area contributed by atoms with E-state index >= 15 is 0 Å². The van der Waals surface area contributed by atoms with E-state index in [0.717, 1.165) is 45.7 Å². The summed E-state index contributed by atoms with van der Waals surface area (Å²) in [6.07, 6.45) is 4.26. The van der Waals surface area contributed by atoms with Crippen molar-refractivity contribution in [2.45, 2.75) is 53.4 Å². The van der Waals surface area contributed by atoms with Gasteiger partial charge in [0.25, 0.3) is 0 Å². The normalized spacial score (nSPS) is 18.8. The SMILES string of the molecule is CC(CC(=O)N1CCN(CCCCCN)CC1)C(C)(C)C. The predicted octanol–water partition coefficient (Wildman–Crippen LogP) is 2.33. The molecule has 4 nitrogen and oxygen atoms in total. The Kier molecular flexibility index (Phi) is 7.67. The molecule has 124 valence electrons. The number of amides is 1. The maximum Gasteiger partial charge on any atom is 0.222 e. The van der Waals surface area contributed by atoms with Crippen LogP contribution in [0.2, 0.25) is 0 Å². The van der Waals surface area contributed by atoms with Crippen molar-refractivity contribution in [1.82, 2.24) is 9.80 Å². The molecule has 1 atom stereocenters. The first kappa shape index (κ1) is 18.4. The molecule has 1 aliphatic rings. The van der Waals surface area contributed by atoms with Gasteiger partial charge in [0, 0.05) is 32.6 Å². The van der Waals surface area contributed by atoms with E-state index in [1.165, 1.54) is 12.8 Å². The standard InChI is InChI=1S/C17H35N3O/c1-15(17(2,3)4)14-16(21)20-12-10-19(11-13-20)9-7-5-6-8-18/h15H,5-14,18H2,1-4H3. The van der Waals surface area contributed by atoms with E-state index in [-0.39, 0.29) is 5.41 Å². The lowest BCUT2D eigenvalue weighted by Gasteiger charge is -2.36. The van der Waals surface area contributed by atoms with Gasteiger partial charge in [0.1, 0.15) is 0 Å². The number of hydrogen-bond donors (Lipinski definition) is 1. The Morgan fingerprint density at radius 3 is 2.24 bits per heavy atom. The molecule has 1 amide bonds. The van der Waals surface area contributed by atoms with Crippen molar-refractivity contribution in [3.63, 3.8) is 0 Å². The molecule has 1 rings (SSSR count). The second-order valence-electron chi connectivity index (χ2n) is 7.54. The minimum atomic E-state index is 0.209. The Labute approximate surface area is 131 Å². The highest BCUT2D eigenvalue weighted by atomic mass is 16.2. The van der Waals surface area contributed by atoms with E-state index in [0.29, 0.717) is 18.2 Å². The molecule has 21 heavy (non-hydrogen) atoms. The highest BCUT2D eigenvalue weighted by molar-refractivity contribution is 5.76. The van der Waals surface area contributed by atoms with Crippen LogP contribution in [0, 0.1) is 11.3 Å². The van der Waals surface area contributed by atoms with E-state index < -0.39 is 0 Å². The van der Waals surface area contributed by atoms with E-state index in [9.17, 15) is 4.79 Å². The van der Waals surface area contributed by atoms with Crippen LogP contribution in [0.5, 0.6) is 0 Å². The summed E-state index contributed by atoms with van der Waals surface area (Å²) in [6.45, 7) is 14.6. The lowest BCUT2D eigenvalue weighted by atomic mass is 9.80. The maximum absolute atomic E-state index is 12.4. The molecule has 0 radical (unpaired) electrons. The van der Waals surface area contributed by atoms with E-state index in [2.05, 4.69) is 37.5 Å². The third-order valence-electron chi connectivity index (χ3n) is 4.86. The fourth-order valence-corrected chi connectivity index (χ4v) is 2.57. The molecule has 0 aromatic rings. The molecule has 0 aliphatic carbocycles. The van der Waals surface area contributed by atoms with Crippen molar-refractivity contribution < 1.29 is 4.79 Å². The topological polar surface area (TPSA) is 49.6 Å². The highest BCUT2D eigenvalue weighted by Gasteiger charge is 2.26. The van der Waals surface area contributed by atoms with Gasteiger partial charge in [-0.15, -0.1) is 0 Å². The Morgan fingerprint density at radius 2 is 1.71 bits per heavy atom. The number of carbonyl (C=O) groups is 1. The molecule has 1 saturated heterocycles. The van der Waals surface area contributed by atoms with Crippen LogP contribution in [-0.4, -0.2) is 55.0 Å². The van der Waals surface area contributed by atoms with Crippen LogP contribution in [0.25, 0.3) is 0 Å². The van der Waals surface area contributed by atoms with E-state index in [1.54, 1.807) is 0 Å². The zero-order valence-electron chi connectivity index (χ0n) is 14.5.